The average Bonchev–Trinajstić information content (AvgIpc) is 3.21. The first-order valence-electron chi connectivity index (χ1n) is 12.8. The minimum absolute atomic E-state index is 0.0698. The molecule has 2 aromatic carbocycles. The summed E-state index contributed by atoms with van der Waals surface area (Å²) in [5.41, 5.74) is 3.17. The summed E-state index contributed by atoms with van der Waals surface area (Å²) in [6.07, 6.45) is 0.0954. The Morgan fingerprint density at radius 2 is 1.92 bits per heavy atom. The number of hydrogen-bond donors (Lipinski definition) is 3. The lowest BCUT2D eigenvalue weighted by Crippen LogP contribution is -2.49. The first-order chi connectivity index (χ1) is 17.7. The van der Waals surface area contributed by atoms with Gasteiger partial charge in [-0.1, -0.05) is 30.3 Å². The van der Waals surface area contributed by atoms with E-state index in [1.807, 2.05) is 31.2 Å². The molecule has 3 heterocycles. The molecule has 3 atom stereocenters. The summed E-state index contributed by atoms with van der Waals surface area (Å²) in [6.45, 7) is 1.32. The van der Waals surface area contributed by atoms with Crippen LogP contribution in [0.4, 0.5) is 17.6 Å². The van der Waals surface area contributed by atoms with Crippen LogP contribution < -0.4 is 0 Å². The van der Waals surface area contributed by atoms with E-state index in [0.717, 1.165) is 16.5 Å². The minimum Gasteiger partial charge on any atom is -0.390 e. The van der Waals surface area contributed by atoms with Crippen LogP contribution in [0.25, 0.3) is 10.9 Å². The van der Waals surface area contributed by atoms with Crippen LogP contribution in [0.2, 0.25) is 0 Å². The molecule has 0 saturated carbocycles. The number of benzene rings is 2. The maximum Gasteiger partial charge on any atom is 0.283 e. The molecule has 0 radical (unpaired) electrons. The Kier molecular flexibility index (Phi) is 7.33. The van der Waals surface area contributed by atoms with Gasteiger partial charge in [-0.15, -0.1) is 0 Å². The molecule has 2 aliphatic rings. The number of aliphatic hydroxyl groups excluding tert-OH is 2. The number of likely N-dealkylation sites (tertiary alicyclic amines) is 1. The van der Waals surface area contributed by atoms with E-state index in [9.17, 15) is 23.4 Å². The first kappa shape index (κ1) is 26.2. The smallest absolute Gasteiger partial charge is 0.283 e. The van der Waals surface area contributed by atoms with Crippen LogP contribution in [0.3, 0.4) is 0 Å². The molecule has 3 aromatic rings. The molecule has 3 N–H and O–H groups in total. The molecule has 0 aliphatic carbocycles. The fourth-order valence-electron chi connectivity index (χ4n) is 5.90. The molecule has 1 aromatic heterocycles. The first-order valence-corrected chi connectivity index (χ1v) is 12.8. The molecular formula is C28H33F4N3O2. The van der Waals surface area contributed by atoms with Crippen molar-refractivity contribution in [3.05, 3.63) is 70.7 Å². The summed E-state index contributed by atoms with van der Waals surface area (Å²) in [4.78, 5) is 6.95. The van der Waals surface area contributed by atoms with Gasteiger partial charge in [-0.3, -0.25) is 9.29 Å². The monoisotopic (exact) mass is 519 g/mol. The SMILES string of the molecule is C[C@@H]1Cc2c([nH]c3ccccc23)[C@@H](c2ccc([C@@H](O)C3CN(CCCF)C3)cc2F)N1CC(F)(F)CO. The Labute approximate surface area is 213 Å². The van der Waals surface area contributed by atoms with Crippen LogP contribution in [0.15, 0.2) is 42.5 Å². The van der Waals surface area contributed by atoms with Gasteiger partial charge in [0.15, 0.2) is 0 Å². The van der Waals surface area contributed by atoms with Crippen LogP contribution in [-0.2, 0) is 6.42 Å². The predicted molar refractivity (Wildman–Crippen MR) is 134 cm³/mol. The fourth-order valence-corrected chi connectivity index (χ4v) is 5.90. The van der Waals surface area contributed by atoms with Crippen molar-refractivity contribution in [1.82, 2.24) is 14.8 Å². The number of alkyl halides is 3. The van der Waals surface area contributed by atoms with Crippen LogP contribution in [-0.4, -0.2) is 76.4 Å². The van der Waals surface area contributed by atoms with E-state index >= 15 is 4.39 Å². The molecule has 200 valence electrons. The molecule has 2 aliphatic heterocycles. The van der Waals surface area contributed by atoms with E-state index in [4.69, 9.17) is 0 Å². The van der Waals surface area contributed by atoms with Gasteiger partial charge in [-0.25, -0.2) is 13.2 Å². The summed E-state index contributed by atoms with van der Waals surface area (Å²) < 4.78 is 57.0. The standard InChI is InChI=1S/C28H33F4N3O2/c1-17-11-22-20-5-2-3-6-24(20)33-25(22)26(35(17)15-28(31,32)16-36)21-8-7-18(12-23(21)30)27(37)19-13-34(14-19)10-4-9-29/h2-3,5-8,12,17,19,26-27,33,36-37H,4,9-11,13-16H2,1H3/t17-,26-,27-/m1/s1. The zero-order chi connectivity index (χ0) is 26.3. The number of aromatic amines is 1. The van der Waals surface area contributed by atoms with Crippen molar-refractivity contribution < 1.29 is 27.8 Å². The Morgan fingerprint density at radius 1 is 1.16 bits per heavy atom. The number of aromatic nitrogens is 1. The van der Waals surface area contributed by atoms with Crippen LogP contribution in [0.1, 0.15) is 47.9 Å². The van der Waals surface area contributed by atoms with E-state index in [1.165, 1.54) is 6.07 Å². The second-order valence-corrected chi connectivity index (χ2v) is 10.5. The molecule has 5 nitrogen and oxygen atoms in total. The highest BCUT2D eigenvalue weighted by Gasteiger charge is 2.42. The van der Waals surface area contributed by atoms with Gasteiger partial charge in [-0.2, -0.15) is 0 Å². The lowest BCUT2D eigenvalue weighted by atomic mass is 9.85. The number of aliphatic hydroxyl groups is 2. The lowest BCUT2D eigenvalue weighted by molar-refractivity contribution is -0.0866. The molecule has 1 fully saturated rings. The topological polar surface area (TPSA) is 62.7 Å². The van der Waals surface area contributed by atoms with Crippen molar-refractivity contribution in [2.24, 2.45) is 5.92 Å². The highest BCUT2D eigenvalue weighted by atomic mass is 19.3. The van der Waals surface area contributed by atoms with Gasteiger partial charge in [0.1, 0.15) is 12.4 Å². The Morgan fingerprint density at radius 3 is 2.62 bits per heavy atom. The third-order valence-electron chi connectivity index (χ3n) is 7.86. The molecule has 5 rings (SSSR count). The molecule has 1 saturated heterocycles. The van der Waals surface area contributed by atoms with E-state index in [2.05, 4.69) is 9.88 Å². The summed E-state index contributed by atoms with van der Waals surface area (Å²) >= 11 is 0. The number of halogens is 4. The van der Waals surface area contributed by atoms with E-state index < -0.39 is 37.0 Å². The van der Waals surface area contributed by atoms with Gasteiger partial charge >= 0.3 is 0 Å². The summed E-state index contributed by atoms with van der Waals surface area (Å²) in [5.74, 6) is -3.99. The number of hydrogen-bond acceptors (Lipinski definition) is 4. The van der Waals surface area contributed by atoms with Crippen molar-refractivity contribution in [2.75, 3.05) is 39.5 Å². The van der Waals surface area contributed by atoms with Crippen molar-refractivity contribution in [3.8, 4) is 0 Å². The van der Waals surface area contributed by atoms with Crippen molar-refractivity contribution >= 4 is 10.9 Å². The maximum absolute atomic E-state index is 15.7. The normalized spacial score (nSPS) is 22.2. The average molecular weight is 520 g/mol. The zero-order valence-corrected chi connectivity index (χ0v) is 20.8. The van der Waals surface area contributed by atoms with Gasteiger partial charge in [0, 0.05) is 53.8 Å². The maximum atomic E-state index is 15.7. The van der Waals surface area contributed by atoms with Gasteiger partial charge < -0.3 is 20.1 Å². The zero-order valence-electron chi connectivity index (χ0n) is 20.8. The lowest BCUT2D eigenvalue weighted by Gasteiger charge is -2.43. The van der Waals surface area contributed by atoms with E-state index in [-0.39, 0.29) is 24.2 Å². The van der Waals surface area contributed by atoms with Crippen LogP contribution >= 0.6 is 0 Å². The number of rotatable bonds is 9. The molecule has 0 bridgehead atoms. The van der Waals surface area contributed by atoms with Gasteiger partial charge in [0.2, 0.25) is 0 Å². The number of nitrogens with zero attached hydrogens (tertiary/aromatic N) is 2. The number of H-pyrrole nitrogens is 1. The highest BCUT2D eigenvalue weighted by molar-refractivity contribution is 5.85. The van der Waals surface area contributed by atoms with Crippen molar-refractivity contribution in [1.29, 1.82) is 0 Å². The quantitative estimate of drug-likeness (QED) is 0.362. The third-order valence-corrected chi connectivity index (χ3v) is 7.86. The van der Waals surface area contributed by atoms with Crippen LogP contribution in [0, 0.1) is 11.7 Å². The number of fused-ring (bicyclic) bond motifs is 3. The predicted octanol–water partition coefficient (Wildman–Crippen LogP) is 4.60. The molecular weight excluding hydrogens is 486 g/mol. The number of para-hydroxylation sites is 1. The van der Waals surface area contributed by atoms with Gasteiger partial charge in [0.05, 0.1) is 25.4 Å². The molecule has 0 unspecified atom stereocenters. The van der Waals surface area contributed by atoms with E-state index in [1.54, 1.807) is 17.0 Å². The summed E-state index contributed by atoms with van der Waals surface area (Å²) in [7, 11) is 0. The second kappa shape index (κ2) is 10.4. The minimum atomic E-state index is -3.35. The third kappa shape index (κ3) is 5.02. The molecule has 0 amide bonds. The molecule has 0 spiro atoms. The van der Waals surface area contributed by atoms with Crippen molar-refractivity contribution in [3.63, 3.8) is 0 Å². The Balaban J connectivity index is 1.48. The van der Waals surface area contributed by atoms with Crippen molar-refractivity contribution in [2.45, 2.75) is 43.9 Å². The fraction of sp³-hybridized carbons (Fsp3) is 0.500. The molecule has 37 heavy (non-hydrogen) atoms. The largest absolute Gasteiger partial charge is 0.390 e. The van der Waals surface area contributed by atoms with Crippen LogP contribution in [0.5, 0.6) is 0 Å². The highest BCUT2D eigenvalue weighted by Crippen LogP contribution is 2.43. The number of nitrogens with one attached hydrogen (secondary N) is 1. The molecule has 9 heteroatoms. The van der Waals surface area contributed by atoms with Gasteiger partial charge in [-0.05, 0) is 43.0 Å². The Bertz CT molecular complexity index is 1240. The summed E-state index contributed by atoms with van der Waals surface area (Å²) in [5, 5.41) is 21.1. The second-order valence-electron chi connectivity index (χ2n) is 10.5. The van der Waals surface area contributed by atoms with E-state index in [0.29, 0.717) is 43.7 Å². The summed E-state index contributed by atoms with van der Waals surface area (Å²) in [6, 6.07) is 11.1. The van der Waals surface area contributed by atoms with Gasteiger partial charge in [0.25, 0.3) is 5.92 Å². The Hall–Kier alpha value is -2.46.